The lowest BCUT2D eigenvalue weighted by Crippen LogP contribution is -2.19. The van der Waals surface area contributed by atoms with E-state index >= 15 is 0 Å². The summed E-state index contributed by atoms with van der Waals surface area (Å²) in [7, 11) is 0. The zero-order valence-corrected chi connectivity index (χ0v) is 13.8. The molecule has 2 N–H and O–H groups in total. The first-order valence-corrected chi connectivity index (χ1v) is 7.81. The van der Waals surface area contributed by atoms with Crippen molar-refractivity contribution in [3.8, 4) is 0 Å². The van der Waals surface area contributed by atoms with Crippen molar-refractivity contribution >= 4 is 0 Å². The Balaban J connectivity index is 2.76. The van der Waals surface area contributed by atoms with Crippen LogP contribution in [0.2, 0.25) is 0 Å². The Morgan fingerprint density at radius 3 is 2.70 bits per heavy atom. The second-order valence-corrected chi connectivity index (χ2v) is 6.70. The van der Waals surface area contributed by atoms with Gasteiger partial charge >= 0.3 is 0 Å². The van der Waals surface area contributed by atoms with E-state index in [4.69, 9.17) is 5.73 Å². The van der Waals surface area contributed by atoms with E-state index in [-0.39, 0.29) is 0 Å². The molecule has 0 atom stereocenters. The van der Waals surface area contributed by atoms with E-state index in [1.165, 1.54) is 36.0 Å². The van der Waals surface area contributed by atoms with Crippen LogP contribution in [0.1, 0.15) is 59.8 Å². The van der Waals surface area contributed by atoms with Gasteiger partial charge in [-0.25, -0.2) is 0 Å². The lowest BCUT2D eigenvalue weighted by Gasteiger charge is -2.32. The molecule has 1 heteroatoms. The third-order valence-electron chi connectivity index (χ3n) is 4.19. The van der Waals surface area contributed by atoms with Gasteiger partial charge in [-0.3, -0.25) is 0 Å². The summed E-state index contributed by atoms with van der Waals surface area (Å²) >= 11 is 0. The Labute approximate surface area is 125 Å². The number of allylic oxidation sites excluding steroid dienone is 7. The van der Waals surface area contributed by atoms with Gasteiger partial charge in [0.05, 0.1) is 0 Å². The molecule has 20 heavy (non-hydrogen) atoms. The molecule has 1 aliphatic rings. The fraction of sp³-hybridized carbons (Fsp3) is 0.579. The predicted molar refractivity (Wildman–Crippen MR) is 90.7 cm³/mol. The van der Waals surface area contributed by atoms with Crippen LogP contribution >= 0.6 is 0 Å². The second-order valence-electron chi connectivity index (χ2n) is 6.70. The fourth-order valence-electron chi connectivity index (χ4n) is 3.00. The van der Waals surface area contributed by atoms with Crippen LogP contribution in [-0.4, -0.2) is 6.54 Å². The minimum Gasteiger partial charge on any atom is -0.330 e. The molecule has 1 aliphatic carbocycles. The summed E-state index contributed by atoms with van der Waals surface area (Å²) in [5.74, 6) is 0. The zero-order chi connectivity index (χ0) is 15.2. The lowest BCUT2D eigenvalue weighted by atomic mass is 9.72. The normalized spacial score (nSPS) is 19.8. The Bertz CT molecular complexity index is 433. The molecule has 0 aromatic carbocycles. The maximum absolute atomic E-state index is 5.53. The van der Waals surface area contributed by atoms with Gasteiger partial charge in [0, 0.05) is 0 Å². The molecule has 0 fully saturated rings. The van der Waals surface area contributed by atoms with Gasteiger partial charge in [-0.05, 0) is 63.5 Å². The van der Waals surface area contributed by atoms with Gasteiger partial charge in [-0.15, -0.1) is 0 Å². The highest BCUT2D eigenvalue weighted by Crippen LogP contribution is 2.40. The van der Waals surface area contributed by atoms with E-state index in [2.05, 4.69) is 52.5 Å². The molecule has 0 aliphatic heterocycles. The van der Waals surface area contributed by atoms with Gasteiger partial charge in [0.2, 0.25) is 0 Å². The van der Waals surface area contributed by atoms with Crippen LogP contribution in [0, 0.1) is 5.41 Å². The van der Waals surface area contributed by atoms with Crippen LogP contribution < -0.4 is 5.73 Å². The molecule has 1 rings (SSSR count). The molecular weight excluding hydrogens is 242 g/mol. The summed E-state index contributed by atoms with van der Waals surface area (Å²) in [6.45, 7) is 14.0. The van der Waals surface area contributed by atoms with Crippen molar-refractivity contribution < 1.29 is 0 Å². The van der Waals surface area contributed by atoms with E-state index in [0.29, 0.717) is 5.41 Å². The van der Waals surface area contributed by atoms with Crippen molar-refractivity contribution in [3.63, 3.8) is 0 Å². The van der Waals surface area contributed by atoms with Gasteiger partial charge in [0.15, 0.2) is 0 Å². The number of rotatable bonds is 6. The van der Waals surface area contributed by atoms with Crippen LogP contribution in [0.4, 0.5) is 0 Å². The Morgan fingerprint density at radius 2 is 2.10 bits per heavy atom. The molecule has 0 saturated carbocycles. The number of nitrogens with two attached hydrogens (primary N) is 1. The van der Waals surface area contributed by atoms with Gasteiger partial charge in [-0.2, -0.15) is 0 Å². The van der Waals surface area contributed by atoms with Gasteiger partial charge in [0.25, 0.3) is 0 Å². The lowest BCUT2D eigenvalue weighted by molar-refractivity contribution is 0.377. The van der Waals surface area contributed by atoms with Crippen LogP contribution in [0.5, 0.6) is 0 Å². The van der Waals surface area contributed by atoms with Crippen LogP contribution in [0.3, 0.4) is 0 Å². The molecule has 0 radical (unpaired) electrons. The molecule has 0 aromatic rings. The molecule has 0 bridgehead atoms. The van der Waals surface area contributed by atoms with E-state index in [1.807, 2.05) is 0 Å². The minimum absolute atomic E-state index is 0.315. The number of hydrogen-bond donors (Lipinski definition) is 1. The van der Waals surface area contributed by atoms with Crippen LogP contribution in [0.25, 0.3) is 0 Å². The third kappa shape index (κ3) is 5.13. The first-order chi connectivity index (χ1) is 9.36. The monoisotopic (exact) mass is 273 g/mol. The van der Waals surface area contributed by atoms with Gasteiger partial charge < -0.3 is 5.73 Å². The topological polar surface area (TPSA) is 26.0 Å². The van der Waals surface area contributed by atoms with Gasteiger partial charge in [0.1, 0.15) is 0 Å². The highest BCUT2D eigenvalue weighted by atomic mass is 14.5. The first-order valence-electron chi connectivity index (χ1n) is 7.81. The highest BCUT2D eigenvalue weighted by Gasteiger charge is 2.26. The first kappa shape index (κ1) is 17.0. The number of hydrogen-bond acceptors (Lipinski definition) is 1. The van der Waals surface area contributed by atoms with Crippen LogP contribution in [-0.2, 0) is 0 Å². The highest BCUT2D eigenvalue weighted by molar-refractivity contribution is 5.37. The fourth-order valence-corrected chi connectivity index (χ4v) is 3.00. The largest absolute Gasteiger partial charge is 0.330 e. The molecular formula is C19H31N. The van der Waals surface area contributed by atoms with E-state index in [0.717, 1.165) is 19.4 Å². The standard InChI is InChI=1S/C19H31N/c1-15(8-7-13-20)14-16(2)10-11-18-17(3)9-6-12-19(18,4)5/h10-11,14H,1,6-9,12-13,20H2,2-5H3/b11-10+,16-14+. The van der Waals surface area contributed by atoms with Crippen molar-refractivity contribution in [1.82, 2.24) is 0 Å². The zero-order valence-electron chi connectivity index (χ0n) is 13.8. The molecule has 0 heterocycles. The van der Waals surface area contributed by atoms with E-state index in [1.54, 1.807) is 5.57 Å². The minimum atomic E-state index is 0.315. The Hall–Kier alpha value is -1.08. The van der Waals surface area contributed by atoms with Crippen molar-refractivity contribution in [1.29, 1.82) is 0 Å². The van der Waals surface area contributed by atoms with Crippen molar-refractivity contribution in [2.75, 3.05) is 6.54 Å². The van der Waals surface area contributed by atoms with E-state index < -0.39 is 0 Å². The smallest absolute Gasteiger partial charge is 0.00741 e. The van der Waals surface area contributed by atoms with Crippen LogP contribution in [0.15, 0.2) is 47.1 Å². The molecule has 0 aromatic heterocycles. The van der Waals surface area contributed by atoms with Gasteiger partial charge in [-0.1, -0.05) is 55.4 Å². The van der Waals surface area contributed by atoms with Crippen molar-refractivity contribution in [3.05, 3.63) is 47.1 Å². The molecule has 0 spiro atoms. The van der Waals surface area contributed by atoms with E-state index in [9.17, 15) is 0 Å². The quantitative estimate of drug-likeness (QED) is 0.652. The molecule has 112 valence electrons. The molecule has 0 amide bonds. The molecule has 0 saturated heterocycles. The maximum Gasteiger partial charge on any atom is -0.00741 e. The summed E-state index contributed by atoms with van der Waals surface area (Å²) in [4.78, 5) is 0. The Morgan fingerprint density at radius 1 is 1.40 bits per heavy atom. The maximum atomic E-state index is 5.53. The van der Waals surface area contributed by atoms with Crippen molar-refractivity contribution in [2.24, 2.45) is 11.1 Å². The average molecular weight is 273 g/mol. The summed E-state index contributed by atoms with van der Waals surface area (Å²) in [5, 5.41) is 0. The van der Waals surface area contributed by atoms with Crippen molar-refractivity contribution in [2.45, 2.75) is 59.8 Å². The molecule has 0 unspecified atom stereocenters. The predicted octanol–water partition coefficient (Wildman–Crippen LogP) is 5.31. The third-order valence-corrected chi connectivity index (χ3v) is 4.19. The SMILES string of the molecule is C=C(/C=C(C)/C=C/C1=C(C)CCCC1(C)C)CCCN. The Kier molecular flexibility index (Phi) is 6.48. The summed E-state index contributed by atoms with van der Waals surface area (Å²) in [6, 6.07) is 0. The summed E-state index contributed by atoms with van der Waals surface area (Å²) in [6.07, 6.45) is 12.6. The summed E-state index contributed by atoms with van der Waals surface area (Å²) in [5.41, 5.74) is 11.4. The second kappa shape index (κ2) is 7.64. The average Bonchev–Trinajstić information content (AvgIpc) is 2.34. The summed E-state index contributed by atoms with van der Waals surface area (Å²) < 4.78 is 0. The molecule has 1 nitrogen and oxygen atoms in total.